The molecule has 4 aromatic rings. The zero-order valence-electron chi connectivity index (χ0n) is 21.3. The number of carbonyl (C=O) groups is 1. The van der Waals surface area contributed by atoms with Crippen molar-refractivity contribution in [2.45, 2.75) is 46.6 Å². The fourth-order valence-electron chi connectivity index (χ4n) is 5.19. The maximum absolute atomic E-state index is 12.2. The number of hydrogen-bond donors (Lipinski definition) is 1. The number of aryl methyl sites for hydroxylation is 1. The van der Waals surface area contributed by atoms with E-state index < -0.39 is 0 Å². The van der Waals surface area contributed by atoms with Gasteiger partial charge in [0.25, 0.3) is 0 Å². The van der Waals surface area contributed by atoms with Crippen molar-refractivity contribution in [3.63, 3.8) is 0 Å². The lowest BCUT2D eigenvalue weighted by Gasteiger charge is -2.29. The third-order valence-corrected chi connectivity index (χ3v) is 7.02. The lowest BCUT2D eigenvalue weighted by atomic mass is 9.87. The minimum atomic E-state index is -0.246. The van der Waals surface area contributed by atoms with Crippen LogP contribution in [0.1, 0.15) is 49.1 Å². The maximum atomic E-state index is 12.2. The first-order valence-corrected chi connectivity index (χ1v) is 12.4. The number of esters is 1. The number of fused-ring (bicyclic) bond motifs is 2. The van der Waals surface area contributed by atoms with Crippen molar-refractivity contribution in [2.24, 2.45) is 5.41 Å². The van der Waals surface area contributed by atoms with Gasteiger partial charge in [-0.05, 0) is 77.7 Å². The van der Waals surface area contributed by atoms with Crippen molar-refractivity contribution in [2.75, 3.05) is 12.3 Å². The smallest absolute Gasteiger partial charge is 0.310 e. The first-order valence-electron chi connectivity index (χ1n) is 12.4. The Morgan fingerprint density at radius 2 is 1.83 bits per heavy atom. The molecular formula is C31H32N2O3. The van der Waals surface area contributed by atoms with Crippen LogP contribution in [0.15, 0.2) is 66.9 Å². The number of hydrogen-bond acceptors (Lipinski definition) is 5. The van der Waals surface area contributed by atoms with Crippen molar-refractivity contribution >= 4 is 22.6 Å². The van der Waals surface area contributed by atoms with Crippen LogP contribution in [0.3, 0.4) is 0 Å². The van der Waals surface area contributed by atoms with Crippen molar-refractivity contribution in [3.05, 3.63) is 89.1 Å². The summed E-state index contributed by atoms with van der Waals surface area (Å²) in [5, 5.41) is 2.02. The highest BCUT2D eigenvalue weighted by Gasteiger charge is 2.41. The van der Waals surface area contributed by atoms with E-state index in [0.29, 0.717) is 12.4 Å². The summed E-state index contributed by atoms with van der Waals surface area (Å²) in [6.07, 6.45) is 2.69. The number of nitrogens with zero attached hydrogens (tertiary/aromatic N) is 1. The molecule has 0 amide bonds. The molecule has 1 atom stereocenters. The molecule has 0 aliphatic heterocycles. The van der Waals surface area contributed by atoms with E-state index in [9.17, 15) is 4.79 Å². The second-order valence-corrected chi connectivity index (χ2v) is 10.3. The molecular weight excluding hydrogens is 448 g/mol. The Bertz CT molecular complexity index is 1460. The van der Waals surface area contributed by atoms with Crippen LogP contribution in [0.25, 0.3) is 21.9 Å². The van der Waals surface area contributed by atoms with Gasteiger partial charge in [0, 0.05) is 22.6 Å². The molecule has 184 valence electrons. The molecule has 1 unspecified atom stereocenters. The van der Waals surface area contributed by atoms with E-state index in [0.717, 1.165) is 45.2 Å². The summed E-state index contributed by atoms with van der Waals surface area (Å²) < 4.78 is 11.9. The summed E-state index contributed by atoms with van der Waals surface area (Å²) in [7, 11) is 0. The molecule has 0 radical (unpaired) electrons. The second-order valence-electron chi connectivity index (χ2n) is 10.3. The molecule has 1 heterocycles. The average Bonchev–Trinajstić information content (AvgIpc) is 3.09. The van der Waals surface area contributed by atoms with Gasteiger partial charge in [0.1, 0.15) is 17.7 Å². The zero-order chi connectivity index (χ0) is 25.4. The summed E-state index contributed by atoms with van der Waals surface area (Å²) in [4.78, 5) is 16.5. The van der Waals surface area contributed by atoms with E-state index in [2.05, 4.69) is 55.2 Å². The first-order chi connectivity index (χ1) is 17.2. The predicted molar refractivity (Wildman–Crippen MR) is 144 cm³/mol. The highest BCUT2D eigenvalue weighted by Crippen LogP contribution is 2.49. The third-order valence-electron chi connectivity index (χ3n) is 7.02. The maximum Gasteiger partial charge on any atom is 0.310 e. The molecule has 0 fully saturated rings. The fraction of sp³-hybridized carbons (Fsp3) is 0.290. The van der Waals surface area contributed by atoms with Crippen molar-refractivity contribution in [3.8, 4) is 16.9 Å². The van der Waals surface area contributed by atoms with E-state index in [4.69, 9.17) is 15.2 Å². The second kappa shape index (κ2) is 9.30. The van der Waals surface area contributed by atoms with Crippen LogP contribution in [0.4, 0.5) is 5.82 Å². The Kier molecular flexibility index (Phi) is 6.17. The van der Waals surface area contributed by atoms with Crippen molar-refractivity contribution in [1.29, 1.82) is 0 Å². The van der Waals surface area contributed by atoms with Crippen LogP contribution >= 0.6 is 0 Å². The number of rotatable bonds is 6. The van der Waals surface area contributed by atoms with Gasteiger partial charge in [0.2, 0.25) is 0 Å². The van der Waals surface area contributed by atoms with E-state index >= 15 is 0 Å². The van der Waals surface area contributed by atoms with E-state index in [1.54, 1.807) is 6.20 Å². The highest BCUT2D eigenvalue weighted by molar-refractivity contribution is 5.94. The SMILES string of the molecule is CCOC(=O)Cc1ccc(C)cc1OC1c2cc(-c3ccc4ccnc(N)c4c3)ccc2CC1(C)C. The molecule has 0 saturated carbocycles. The molecule has 1 aromatic heterocycles. The Morgan fingerprint density at radius 3 is 2.64 bits per heavy atom. The molecule has 0 bridgehead atoms. The van der Waals surface area contributed by atoms with E-state index in [1.807, 2.05) is 38.1 Å². The van der Waals surface area contributed by atoms with Crippen LogP contribution in [0.5, 0.6) is 5.75 Å². The third kappa shape index (κ3) is 4.53. The van der Waals surface area contributed by atoms with Crippen LogP contribution in [0.2, 0.25) is 0 Å². The molecule has 1 aliphatic rings. The largest absolute Gasteiger partial charge is 0.485 e. The monoisotopic (exact) mass is 480 g/mol. The van der Waals surface area contributed by atoms with Gasteiger partial charge in [-0.1, -0.05) is 50.2 Å². The molecule has 1 aliphatic carbocycles. The average molecular weight is 481 g/mol. The van der Waals surface area contributed by atoms with Crippen LogP contribution in [0, 0.1) is 12.3 Å². The molecule has 36 heavy (non-hydrogen) atoms. The lowest BCUT2D eigenvalue weighted by Crippen LogP contribution is -2.23. The van der Waals surface area contributed by atoms with Gasteiger partial charge >= 0.3 is 5.97 Å². The Morgan fingerprint density at radius 1 is 1.06 bits per heavy atom. The molecule has 0 spiro atoms. The van der Waals surface area contributed by atoms with Crippen LogP contribution < -0.4 is 10.5 Å². The number of nitrogen functional groups attached to an aromatic ring is 1. The molecule has 2 N–H and O–H groups in total. The quantitative estimate of drug-likeness (QED) is 0.315. The van der Waals surface area contributed by atoms with Gasteiger partial charge in [0.15, 0.2) is 0 Å². The topological polar surface area (TPSA) is 74.4 Å². The van der Waals surface area contributed by atoms with Crippen LogP contribution in [-0.2, 0) is 22.4 Å². The van der Waals surface area contributed by atoms with Gasteiger partial charge in [-0.2, -0.15) is 0 Å². The fourth-order valence-corrected chi connectivity index (χ4v) is 5.19. The van der Waals surface area contributed by atoms with Crippen molar-refractivity contribution < 1.29 is 14.3 Å². The lowest BCUT2D eigenvalue weighted by molar-refractivity contribution is -0.142. The van der Waals surface area contributed by atoms with Crippen LogP contribution in [-0.4, -0.2) is 17.6 Å². The van der Waals surface area contributed by atoms with Gasteiger partial charge < -0.3 is 15.2 Å². The number of anilines is 1. The zero-order valence-corrected chi connectivity index (χ0v) is 21.3. The minimum absolute atomic E-state index is 0.108. The number of aromatic nitrogens is 1. The summed E-state index contributed by atoms with van der Waals surface area (Å²) in [6, 6.07) is 20.9. The number of carbonyl (C=O) groups excluding carboxylic acids is 1. The Hall–Kier alpha value is -3.86. The molecule has 5 nitrogen and oxygen atoms in total. The number of benzene rings is 3. The minimum Gasteiger partial charge on any atom is -0.485 e. The molecule has 5 rings (SSSR count). The van der Waals surface area contributed by atoms with Gasteiger partial charge in [-0.3, -0.25) is 4.79 Å². The number of pyridine rings is 1. The van der Waals surface area contributed by atoms with Gasteiger partial charge in [0.05, 0.1) is 13.0 Å². The van der Waals surface area contributed by atoms with E-state index in [-0.39, 0.29) is 23.9 Å². The molecule has 5 heteroatoms. The summed E-state index contributed by atoms with van der Waals surface area (Å²) >= 11 is 0. The van der Waals surface area contributed by atoms with Gasteiger partial charge in [-0.25, -0.2) is 4.98 Å². The standard InChI is InChI=1S/C31H32N2O3/c1-5-35-28(34)17-23-7-6-19(2)14-27(23)36-29-25-15-21(10-11-24(25)18-31(29,3)4)22-9-8-20-12-13-33-30(32)26(20)16-22/h6-16,29H,5,17-18H2,1-4H3,(H2,32,33). The number of nitrogens with two attached hydrogens (primary N) is 1. The summed E-state index contributed by atoms with van der Waals surface area (Å²) in [5.41, 5.74) is 12.6. The summed E-state index contributed by atoms with van der Waals surface area (Å²) in [6.45, 7) is 8.69. The normalized spacial score (nSPS) is 16.1. The molecule has 0 saturated heterocycles. The predicted octanol–water partition coefficient (Wildman–Crippen LogP) is 6.60. The molecule has 3 aromatic carbocycles. The van der Waals surface area contributed by atoms with Gasteiger partial charge in [-0.15, -0.1) is 0 Å². The summed E-state index contributed by atoms with van der Waals surface area (Å²) in [5.74, 6) is 1.03. The Labute approximate surface area is 212 Å². The Balaban J connectivity index is 1.52. The van der Waals surface area contributed by atoms with E-state index in [1.165, 1.54) is 11.1 Å². The highest BCUT2D eigenvalue weighted by atomic mass is 16.5. The number of ether oxygens (including phenoxy) is 2. The first kappa shape index (κ1) is 23.9. The van der Waals surface area contributed by atoms with Crippen molar-refractivity contribution in [1.82, 2.24) is 4.98 Å².